The molecule has 4 nitrogen and oxygen atoms in total. The van der Waals surface area contributed by atoms with E-state index in [1.54, 1.807) is 24.3 Å². The minimum atomic E-state index is -0.553. The first-order valence-corrected chi connectivity index (χ1v) is 5.95. The molecule has 0 spiro atoms. The zero-order chi connectivity index (χ0) is 14.7. The number of carbonyl (C=O) groups excluding carboxylic acids is 2. The highest BCUT2D eigenvalue weighted by Gasteiger charge is 2.11. The van der Waals surface area contributed by atoms with Crippen LogP contribution in [0.5, 0.6) is 0 Å². The molecule has 1 amide bonds. The summed E-state index contributed by atoms with van der Waals surface area (Å²) >= 11 is 0. The Morgan fingerprint density at radius 2 is 1.65 bits per heavy atom. The van der Waals surface area contributed by atoms with Crippen molar-refractivity contribution in [3.8, 4) is 0 Å². The standard InChI is InChI=1S/C15H13FN2O2/c1-9(19)18-12-5-2-10(3-6-12)15(20)11-4-7-13(16)14(17)8-11/h2-8H,17H2,1H3,(H,18,19). The summed E-state index contributed by atoms with van der Waals surface area (Å²) in [5.74, 6) is -0.996. The maximum atomic E-state index is 13.1. The van der Waals surface area contributed by atoms with E-state index >= 15 is 0 Å². The van der Waals surface area contributed by atoms with E-state index in [1.165, 1.54) is 19.1 Å². The van der Waals surface area contributed by atoms with Crippen molar-refractivity contribution in [2.24, 2.45) is 0 Å². The largest absolute Gasteiger partial charge is 0.396 e. The summed E-state index contributed by atoms with van der Waals surface area (Å²) in [5, 5.41) is 2.61. The number of nitrogens with two attached hydrogens (primary N) is 1. The lowest BCUT2D eigenvalue weighted by Crippen LogP contribution is -2.07. The summed E-state index contributed by atoms with van der Waals surface area (Å²) < 4.78 is 13.1. The van der Waals surface area contributed by atoms with Crippen LogP contribution in [0.2, 0.25) is 0 Å². The lowest BCUT2D eigenvalue weighted by atomic mass is 10.0. The van der Waals surface area contributed by atoms with E-state index in [0.29, 0.717) is 16.8 Å². The van der Waals surface area contributed by atoms with Gasteiger partial charge in [0.15, 0.2) is 5.78 Å². The van der Waals surface area contributed by atoms with Crippen LogP contribution in [0.25, 0.3) is 0 Å². The Bertz CT molecular complexity index is 666. The molecule has 0 radical (unpaired) electrons. The Kier molecular flexibility index (Phi) is 3.79. The van der Waals surface area contributed by atoms with Crippen molar-refractivity contribution >= 4 is 23.1 Å². The average molecular weight is 272 g/mol. The van der Waals surface area contributed by atoms with Crippen LogP contribution in [-0.4, -0.2) is 11.7 Å². The Labute approximate surface area is 115 Å². The molecule has 0 heterocycles. The SMILES string of the molecule is CC(=O)Nc1ccc(C(=O)c2ccc(F)c(N)c2)cc1. The van der Waals surface area contributed by atoms with E-state index in [-0.39, 0.29) is 17.4 Å². The Hall–Kier alpha value is -2.69. The van der Waals surface area contributed by atoms with Crippen molar-refractivity contribution in [3.63, 3.8) is 0 Å². The summed E-state index contributed by atoms with van der Waals surface area (Å²) in [7, 11) is 0. The van der Waals surface area contributed by atoms with Crippen molar-refractivity contribution < 1.29 is 14.0 Å². The van der Waals surface area contributed by atoms with Crippen molar-refractivity contribution in [1.29, 1.82) is 0 Å². The molecule has 0 atom stereocenters. The first-order valence-electron chi connectivity index (χ1n) is 5.95. The number of nitrogens with one attached hydrogen (secondary N) is 1. The summed E-state index contributed by atoms with van der Waals surface area (Å²) in [5.41, 5.74) is 6.73. The molecule has 20 heavy (non-hydrogen) atoms. The molecule has 0 aliphatic carbocycles. The Balaban J connectivity index is 2.24. The number of hydrogen-bond acceptors (Lipinski definition) is 3. The van der Waals surface area contributed by atoms with E-state index in [1.807, 2.05) is 0 Å². The average Bonchev–Trinajstić information content (AvgIpc) is 2.41. The molecular weight excluding hydrogens is 259 g/mol. The van der Waals surface area contributed by atoms with Crippen LogP contribution in [0.1, 0.15) is 22.8 Å². The van der Waals surface area contributed by atoms with E-state index in [4.69, 9.17) is 5.73 Å². The van der Waals surface area contributed by atoms with Gasteiger partial charge in [0.05, 0.1) is 5.69 Å². The molecule has 0 aliphatic heterocycles. The van der Waals surface area contributed by atoms with Crippen molar-refractivity contribution in [2.45, 2.75) is 6.92 Å². The topological polar surface area (TPSA) is 72.2 Å². The first kappa shape index (κ1) is 13.7. The summed E-state index contributed by atoms with van der Waals surface area (Å²) in [4.78, 5) is 23.1. The number of anilines is 2. The minimum absolute atomic E-state index is 0.0642. The normalized spacial score (nSPS) is 10.1. The lowest BCUT2D eigenvalue weighted by Gasteiger charge is -2.05. The quantitative estimate of drug-likeness (QED) is 0.666. The monoisotopic (exact) mass is 272 g/mol. The maximum Gasteiger partial charge on any atom is 0.221 e. The molecule has 0 aliphatic rings. The number of benzene rings is 2. The van der Waals surface area contributed by atoms with Crippen LogP contribution in [0.15, 0.2) is 42.5 Å². The van der Waals surface area contributed by atoms with Gasteiger partial charge in [-0.25, -0.2) is 4.39 Å². The molecule has 0 saturated carbocycles. The molecule has 0 saturated heterocycles. The number of hydrogen-bond donors (Lipinski definition) is 2. The third-order valence-electron chi connectivity index (χ3n) is 2.73. The van der Waals surface area contributed by atoms with E-state index in [2.05, 4.69) is 5.32 Å². The second-order valence-corrected chi connectivity index (χ2v) is 4.32. The van der Waals surface area contributed by atoms with Crippen LogP contribution in [0, 0.1) is 5.82 Å². The summed E-state index contributed by atoms with van der Waals surface area (Å²) in [6, 6.07) is 10.3. The van der Waals surface area contributed by atoms with Gasteiger partial charge in [0.25, 0.3) is 0 Å². The second-order valence-electron chi connectivity index (χ2n) is 4.32. The van der Waals surface area contributed by atoms with Gasteiger partial charge >= 0.3 is 0 Å². The molecule has 2 rings (SSSR count). The molecule has 0 aromatic heterocycles. The van der Waals surface area contributed by atoms with Crippen molar-refractivity contribution in [2.75, 3.05) is 11.1 Å². The van der Waals surface area contributed by atoms with E-state index in [9.17, 15) is 14.0 Å². The Morgan fingerprint density at radius 3 is 2.20 bits per heavy atom. The fourth-order valence-electron chi connectivity index (χ4n) is 1.76. The number of amides is 1. The number of halogens is 1. The third-order valence-corrected chi connectivity index (χ3v) is 2.73. The van der Waals surface area contributed by atoms with Crippen LogP contribution in [0.3, 0.4) is 0 Å². The highest BCUT2D eigenvalue weighted by Crippen LogP contribution is 2.17. The first-order chi connectivity index (χ1) is 9.47. The van der Waals surface area contributed by atoms with Crippen molar-refractivity contribution in [1.82, 2.24) is 0 Å². The highest BCUT2D eigenvalue weighted by atomic mass is 19.1. The van der Waals surface area contributed by atoms with Gasteiger partial charge in [-0.2, -0.15) is 0 Å². The molecule has 5 heteroatoms. The van der Waals surface area contributed by atoms with Gasteiger partial charge in [0.2, 0.25) is 5.91 Å². The smallest absolute Gasteiger partial charge is 0.221 e. The molecule has 3 N–H and O–H groups in total. The fourth-order valence-corrected chi connectivity index (χ4v) is 1.76. The minimum Gasteiger partial charge on any atom is -0.396 e. The van der Waals surface area contributed by atoms with Gasteiger partial charge in [-0.1, -0.05) is 0 Å². The van der Waals surface area contributed by atoms with Gasteiger partial charge < -0.3 is 11.1 Å². The molecule has 2 aromatic rings. The van der Waals surface area contributed by atoms with Crippen LogP contribution in [-0.2, 0) is 4.79 Å². The van der Waals surface area contributed by atoms with Crippen LogP contribution in [0.4, 0.5) is 15.8 Å². The van der Waals surface area contributed by atoms with Crippen molar-refractivity contribution in [3.05, 3.63) is 59.4 Å². The molecule has 2 aromatic carbocycles. The summed E-state index contributed by atoms with van der Waals surface area (Å²) in [6.45, 7) is 1.40. The molecule has 0 unspecified atom stereocenters. The molecule has 102 valence electrons. The number of ketones is 1. The van der Waals surface area contributed by atoms with Crippen LogP contribution < -0.4 is 11.1 Å². The predicted molar refractivity (Wildman–Crippen MR) is 75.0 cm³/mol. The number of nitrogen functional groups attached to an aromatic ring is 1. The van der Waals surface area contributed by atoms with E-state index in [0.717, 1.165) is 6.07 Å². The predicted octanol–water partition coefficient (Wildman–Crippen LogP) is 2.60. The van der Waals surface area contributed by atoms with Crippen LogP contribution >= 0.6 is 0 Å². The Morgan fingerprint density at radius 1 is 1.05 bits per heavy atom. The second kappa shape index (κ2) is 5.52. The van der Waals surface area contributed by atoms with Gasteiger partial charge in [0, 0.05) is 23.7 Å². The molecule has 0 fully saturated rings. The maximum absolute atomic E-state index is 13.1. The summed E-state index contributed by atoms with van der Waals surface area (Å²) in [6.07, 6.45) is 0. The lowest BCUT2D eigenvalue weighted by molar-refractivity contribution is -0.114. The zero-order valence-electron chi connectivity index (χ0n) is 10.8. The third kappa shape index (κ3) is 3.00. The molecule has 0 bridgehead atoms. The number of rotatable bonds is 3. The molecular formula is C15H13FN2O2. The fraction of sp³-hybridized carbons (Fsp3) is 0.0667. The van der Waals surface area contributed by atoms with Gasteiger partial charge in [0.1, 0.15) is 5.82 Å². The zero-order valence-corrected chi connectivity index (χ0v) is 10.8. The van der Waals surface area contributed by atoms with Gasteiger partial charge in [-0.05, 0) is 42.5 Å². The van der Waals surface area contributed by atoms with Gasteiger partial charge in [-0.15, -0.1) is 0 Å². The van der Waals surface area contributed by atoms with Gasteiger partial charge in [-0.3, -0.25) is 9.59 Å². The van der Waals surface area contributed by atoms with E-state index < -0.39 is 5.82 Å². The number of carbonyl (C=O) groups is 2. The highest BCUT2D eigenvalue weighted by molar-refractivity contribution is 6.09.